The molecule has 0 saturated carbocycles. The van der Waals surface area contributed by atoms with Crippen molar-refractivity contribution in [2.24, 2.45) is 0 Å². The monoisotopic (exact) mass is 437 g/mol. The number of carbonyl (C=O) groups excluding carboxylic acids is 1. The van der Waals surface area contributed by atoms with Crippen LogP contribution in [0.15, 0.2) is 97.3 Å². The number of aromatic nitrogens is 1. The van der Waals surface area contributed by atoms with Crippen molar-refractivity contribution in [3.05, 3.63) is 114 Å². The number of pyridine rings is 1. The first-order valence-electron chi connectivity index (χ1n) is 11.3. The second-order valence-corrected chi connectivity index (χ2v) is 8.46. The van der Waals surface area contributed by atoms with Crippen LogP contribution in [0.3, 0.4) is 0 Å². The summed E-state index contributed by atoms with van der Waals surface area (Å²) in [6.07, 6.45) is 3.44. The Kier molecular flexibility index (Phi) is 6.15. The largest absolute Gasteiger partial charge is 0.395 e. The number of piperazine rings is 1. The molecule has 166 valence electrons. The first-order chi connectivity index (χ1) is 16.3. The molecule has 1 N–H and O–H groups in total. The summed E-state index contributed by atoms with van der Waals surface area (Å²) in [5, 5.41) is 12.2. The van der Waals surface area contributed by atoms with E-state index in [1.54, 1.807) is 12.4 Å². The van der Waals surface area contributed by atoms with Crippen LogP contribution in [-0.2, 0) is 0 Å². The van der Waals surface area contributed by atoms with Gasteiger partial charge < -0.3 is 10.0 Å². The van der Waals surface area contributed by atoms with Gasteiger partial charge >= 0.3 is 0 Å². The molecule has 5 rings (SSSR count). The summed E-state index contributed by atoms with van der Waals surface area (Å²) in [5.74, 6) is -0.0339. The van der Waals surface area contributed by atoms with Crippen LogP contribution < -0.4 is 0 Å². The second-order valence-electron chi connectivity index (χ2n) is 8.46. The molecule has 0 radical (unpaired) electrons. The van der Waals surface area contributed by atoms with Crippen LogP contribution in [0.2, 0.25) is 0 Å². The molecular formula is C28H27N3O2. The maximum atomic E-state index is 13.5. The lowest BCUT2D eigenvalue weighted by Gasteiger charge is -2.45. The zero-order valence-electron chi connectivity index (χ0n) is 18.4. The van der Waals surface area contributed by atoms with Crippen molar-refractivity contribution in [1.82, 2.24) is 14.8 Å². The predicted molar refractivity (Wildman–Crippen MR) is 130 cm³/mol. The van der Waals surface area contributed by atoms with Crippen LogP contribution >= 0.6 is 0 Å². The predicted octanol–water partition coefficient (Wildman–Crippen LogP) is 4.14. The van der Waals surface area contributed by atoms with E-state index in [1.807, 2.05) is 65.6 Å². The molecule has 0 spiro atoms. The molecule has 3 aromatic carbocycles. The maximum absolute atomic E-state index is 13.5. The van der Waals surface area contributed by atoms with Gasteiger partial charge in [0.2, 0.25) is 0 Å². The standard InChI is InChI=1S/C28H27N3O2/c32-20-24-19-30(28(33)26-18-29-17-23-13-7-8-14-25(23)26)15-16-31(24)27(21-9-3-1-4-10-21)22-11-5-2-6-12-22/h1-14,17-18,24,27,32H,15-16,19-20H2. The van der Waals surface area contributed by atoms with Gasteiger partial charge in [-0.25, -0.2) is 0 Å². The lowest BCUT2D eigenvalue weighted by atomic mass is 9.94. The number of aliphatic hydroxyl groups excluding tert-OH is 1. The number of benzene rings is 3. The van der Waals surface area contributed by atoms with Gasteiger partial charge in [-0.3, -0.25) is 14.7 Å². The number of hydrogen-bond donors (Lipinski definition) is 1. The van der Waals surface area contributed by atoms with Gasteiger partial charge in [-0.2, -0.15) is 0 Å². The zero-order chi connectivity index (χ0) is 22.6. The van der Waals surface area contributed by atoms with Crippen molar-refractivity contribution in [3.8, 4) is 0 Å². The van der Waals surface area contributed by atoms with Crippen LogP contribution in [0.25, 0.3) is 10.8 Å². The fraction of sp³-hybridized carbons (Fsp3) is 0.214. The summed E-state index contributed by atoms with van der Waals surface area (Å²) in [7, 11) is 0. The van der Waals surface area contributed by atoms with Gasteiger partial charge in [0.15, 0.2) is 0 Å². The molecule has 1 unspecified atom stereocenters. The van der Waals surface area contributed by atoms with E-state index >= 15 is 0 Å². The third-order valence-corrected chi connectivity index (χ3v) is 6.49. The number of aliphatic hydroxyl groups is 1. The summed E-state index contributed by atoms with van der Waals surface area (Å²) in [5.41, 5.74) is 2.97. The highest BCUT2D eigenvalue weighted by Gasteiger charge is 2.35. The summed E-state index contributed by atoms with van der Waals surface area (Å²) in [6.45, 7) is 1.71. The third-order valence-electron chi connectivity index (χ3n) is 6.49. The van der Waals surface area contributed by atoms with Gasteiger partial charge in [-0.15, -0.1) is 0 Å². The van der Waals surface area contributed by atoms with E-state index in [9.17, 15) is 9.90 Å². The van der Waals surface area contributed by atoms with Crippen molar-refractivity contribution in [3.63, 3.8) is 0 Å². The number of rotatable bonds is 5. The molecule has 33 heavy (non-hydrogen) atoms. The van der Waals surface area contributed by atoms with Crippen molar-refractivity contribution in [2.45, 2.75) is 12.1 Å². The molecule has 1 aliphatic heterocycles. The zero-order valence-corrected chi connectivity index (χ0v) is 18.4. The van der Waals surface area contributed by atoms with Crippen LogP contribution in [0.4, 0.5) is 0 Å². The van der Waals surface area contributed by atoms with E-state index in [0.29, 0.717) is 25.2 Å². The number of amides is 1. The van der Waals surface area contributed by atoms with Crippen LogP contribution in [0.5, 0.6) is 0 Å². The first kappa shape index (κ1) is 21.3. The summed E-state index contributed by atoms with van der Waals surface area (Å²) in [4.78, 5) is 21.9. The highest BCUT2D eigenvalue weighted by molar-refractivity contribution is 6.06. The first-order valence-corrected chi connectivity index (χ1v) is 11.3. The van der Waals surface area contributed by atoms with E-state index in [-0.39, 0.29) is 24.6 Å². The average Bonchev–Trinajstić information content (AvgIpc) is 2.89. The Labute approximate surface area is 193 Å². The lowest BCUT2D eigenvalue weighted by molar-refractivity contribution is 0.0197. The minimum absolute atomic E-state index is 0.0148. The van der Waals surface area contributed by atoms with Gasteiger partial charge in [-0.05, 0) is 16.5 Å². The van der Waals surface area contributed by atoms with Gasteiger partial charge in [0, 0.05) is 37.4 Å². The van der Waals surface area contributed by atoms with Crippen molar-refractivity contribution < 1.29 is 9.90 Å². The Morgan fingerprint density at radius 3 is 2.18 bits per heavy atom. The minimum atomic E-state index is -0.170. The van der Waals surface area contributed by atoms with Gasteiger partial charge in [0.1, 0.15) is 0 Å². The SMILES string of the molecule is O=C(c1cncc2ccccc12)N1CCN(C(c2ccccc2)c2ccccc2)C(CO)C1. The van der Waals surface area contributed by atoms with Crippen molar-refractivity contribution in [1.29, 1.82) is 0 Å². The topological polar surface area (TPSA) is 56.7 Å². The highest BCUT2D eigenvalue weighted by atomic mass is 16.3. The summed E-state index contributed by atoms with van der Waals surface area (Å²) >= 11 is 0. The van der Waals surface area contributed by atoms with E-state index in [0.717, 1.165) is 10.8 Å². The van der Waals surface area contributed by atoms with E-state index in [4.69, 9.17) is 0 Å². The number of hydrogen-bond acceptors (Lipinski definition) is 4. The molecule has 1 fully saturated rings. The average molecular weight is 438 g/mol. The molecule has 2 heterocycles. The summed E-state index contributed by atoms with van der Waals surface area (Å²) in [6, 6.07) is 28.4. The molecule has 1 aliphatic rings. The third kappa shape index (κ3) is 4.25. The minimum Gasteiger partial charge on any atom is -0.395 e. The molecule has 0 aliphatic carbocycles. The summed E-state index contributed by atoms with van der Waals surface area (Å²) < 4.78 is 0. The Bertz CT molecular complexity index is 1180. The number of fused-ring (bicyclic) bond motifs is 1. The molecule has 1 atom stereocenters. The van der Waals surface area contributed by atoms with Gasteiger partial charge in [0.25, 0.3) is 5.91 Å². The van der Waals surface area contributed by atoms with Crippen molar-refractivity contribution >= 4 is 16.7 Å². The van der Waals surface area contributed by atoms with Crippen molar-refractivity contribution in [2.75, 3.05) is 26.2 Å². The smallest absolute Gasteiger partial charge is 0.256 e. The van der Waals surface area contributed by atoms with E-state index < -0.39 is 0 Å². The van der Waals surface area contributed by atoms with E-state index in [1.165, 1.54) is 11.1 Å². The molecule has 1 saturated heterocycles. The maximum Gasteiger partial charge on any atom is 0.256 e. The van der Waals surface area contributed by atoms with E-state index in [2.05, 4.69) is 34.1 Å². The quantitative estimate of drug-likeness (QED) is 0.510. The Balaban J connectivity index is 1.44. The lowest BCUT2D eigenvalue weighted by Crippen LogP contribution is -2.57. The highest BCUT2D eigenvalue weighted by Crippen LogP contribution is 2.32. The van der Waals surface area contributed by atoms with Crippen LogP contribution in [0.1, 0.15) is 27.5 Å². The van der Waals surface area contributed by atoms with Crippen LogP contribution in [0, 0.1) is 0 Å². The Hall–Kier alpha value is -3.54. The fourth-order valence-corrected chi connectivity index (χ4v) is 4.86. The molecule has 1 amide bonds. The van der Waals surface area contributed by atoms with Gasteiger partial charge in [-0.1, -0.05) is 84.9 Å². The number of carbonyl (C=O) groups is 1. The molecule has 1 aromatic heterocycles. The molecule has 4 aromatic rings. The molecule has 5 heteroatoms. The second kappa shape index (κ2) is 9.53. The Morgan fingerprint density at radius 1 is 0.879 bits per heavy atom. The fourth-order valence-electron chi connectivity index (χ4n) is 4.86. The molecular weight excluding hydrogens is 410 g/mol. The Morgan fingerprint density at radius 2 is 1.52 bits per heavy atom. The molecule has 5 nitrogen and oxygen atoms in total. The normalized spacial score (nSPS) is 16.9. The number of nitrogens with zero attached hydrogens (tertiary/aromatic N) is 3. The molecule has 0 bridgehead atoms. The van der Waals surface area contributed by atoms with Crippen LogP contribution in [-0.4, -0.2) is 58.1 Å². The van der Waals surface area contributed by atoms with Gasteiger partial charge in [0.05, 0.1) is 24.3 Å².